The van der Waals surface area contributed by atoms with Crippen molar-refractivity contribution in [3.05, 3.63) is 46.0 Å². The summed E-state index contributed by atoms with van der Waals surface area (Å²) in [7, 11) is 0. The molecule has 0 atom stereocenters. The van der Waals surface area contributed by atoms with E-state index in [-0.39, 0.29) is 5.76 Å². The minimum absolute atomic E-state index is 0.183. The average molecular weight is 252 g/mol. The summed E-state index contributed by atoms with van der Waals surface area (Å²) < 4.78 is 10.7. The van der Waals surface area contributed by atoms with Crippen LogP contribution in [0.2, 0.25) is 0 Å². The highest BCUT2D eigenvalue weighted by Gasteiger charge is 2.09. The lowest BCUT2D eigenvalue weighted by Crippen LogP contribution is -2.29. The zero-order chi connectivity index (χ0) is 12.1. The van der Waals surface area contributed by atoms with Gasteiger partial charge in [-0.15, -0.1) is 11.3 Å². The molecule has 0 aliphatic carbocycles. The first-order valence-electron chi connectivity index (χ1n) is 4.99. The number of amides is 1. The van der Waals surface area contributed by atoms with Gasteiger partial charge in [-0.2, -0.15) is 0 Å². The molecule has 0 radical (unpaired) electrons. The molecule has 0 fully saturated rings. The summed E-state index contributed by atoms with van der Waals surface area (Å²) in [5.41, 5.74) is 2.00. The van der Waals surface area contributed by atoms with Crippen LogP contribution in [0, 0.1) is 0 Å². The Morgan fingerprint density at radius 1 is 1.41 bits per heavy atom. The van der Waals surface area contributed by atoms with Crippen molar-refractivity contribution in [2.75, 3.05) is 0 Å². The topological polar surface area (TPSA) is 77.5 Å². The molecule has 0 spiro atoms. The second kappa shape index (κ2) is 5.62. The summed E-state index contributed by atoms with van der Waals surface area (Å²) in [6.07, 6.45) is 0. The monoisotopic (exact) mass is 252 g/mol. The van der Waals surface area contributed by atoms with Crippen LogP contribution in [-0.4, -0.2) is 5.91 Å². The molecular weight excluding hydrogens is 240 g/mol. The number of nitrogen functional groups attached to an aromatic ring is 1. The third-order valence-electron chi connectivity index (χ3n) is 2.09. The molecule has 2 aromatic heterocycles. The van der Waals surface area contributed by atoms with Crippen LogP contribution in [0.25, 0.3) is 0 Å². The Kier molecular flexibility index (Phi) is 3.92. The molecule has 0 bridgehead atoms. The van der Waals surface area contributed by atoms with E-state index in [9.17, 15) is 4.79 Å². The number of nitrogens with one attached hydrogen (secondary N) is 1. The van der Waals surface area contributed by atoms with E-state index in [1.54, 1.807) is 23.5 Å². The molecule has 0 unspecified atom stereocenters. The Labute approximate surface area is 102 Å². The first kappa shape index (κ1) is 11.8. The fourth-order valence-corrected chi connectivity index (χ4v) is 1.94. The molecule has 5 nitrogen and oxygen atoms in total. The molecule has 2 aromatic rings. The number of hydrazine groups is 1. The van der Waals surface area contributed by atoms with Crippen LogP contribution in [-0.2, 0) is 18.0 Å². The van der Waals surface area contributed by atoms with Crippen molar-refractivity contribution in [1.82, 2.24) is 5.43 Å². The lowest BCUT2D eigenvalue weighted by Gasteiger charge is -1.99. The van der Waals surface area contributed by atoms with Crippen LogP contribution >= 0.6 is 11.3 Å². The van der Waals surface area contributed by atoms with E-state index in [1.165, 1.54) is 0 Å². The highest BCUT2D eigenvalue weighted by atomic mass is 32.1. The first-order valence-corrected chi connectivity index (χ1v) is 5.87. The first-order chi connectivity index (χ1) is 8.29. The standard InChI is InChI=1S/C11H12N2O3S/c12-13-11(14)10-4-3-8(16-10)6-15-7-9-2-1-5-17-9/h1-5H,6-7,12H2,(H,13,14). The van der Waals surface area contributed by atoms with Gasteiger partial charge in [-0.25, -0.2) is 5.84 Å². The summed E-state index contributed by atoms with van der Waals surface area (Å²) in [6, 6.07) is 7.23. The van der Waals surface area contributed by atoms with Crippen LogP contribution in [0.5, 0.6) is 0 Å². The van der Waals surface area contributed by atoms with Crippen LogP contribution in [0.15, 0.2) is 34.1 Å². The molecular formula is C11H12N2O3S. The molecule has 17 heavy (non-hydrogen) atoms. The molecule has 3 N–H and O–H groups in total. The van der Waals surface area contributed by atoms with E-state index in [2.05, 4.69) is 0 Å². The van der Waals surface area contributed by atoms with Gasteiger partial charge in [0.25, 0.3) is 0 Å². The highest BCUT2D eigenvalue weighted by Crippen LogP contribution is 2.13. The number of nitrogens with two attached hydrogens (primary N) is 1. The average Bonchev–Trinajstić information content (AvgIpc) is 2.99. The van der Waals surface area contributed by atoms with Gasteiger partial charge in [0.1, 0.15) is 12.4 Å². The minimum atomic E-state index is -0.450. The van der Waals surface area contributed by atoms with Crippen LogP contribution in [0.3, 0.4) is 0 Å². The highest BCUT2D eigenvalue weighted by molar-refractivity contribution is 7.09. The number of furan rings is 1. The third-order valence-corrected chi connectivity index (χ3v) is 2.94. The Morgan fingerprint density at radius 3 is 3.00 bits per heavy atom. The van der Waals surface area contributed by atoms with E-state index in [4.69, 9.17) is 15.0 Å². The van der Waals surface area contributed by atoms with E-state index in [0.29, 0.717) is 19.0 Å². The van der Waals surface area contributed by atoms with E-state index in [0.717, 1.165) is 4.88 Å². The van der Waals surface area contributed by atoms with Crippen molar-refractivity contribution in [2.24, 2.45) is 5.84 Å². The Balaban J connectivity index is 1.83. The summed E-state index contributed by atoms with van der Waals surface area (Å²) in [5.74, 6) is 5.32. The second-order valence-electron chi connectivity index (χ2n) is 3.31. The van der Waals surface area contributed by atoms with Gasteiger partial charge in [-0.1, -0.05) is 6.07 Å². The normalized spacial score (nSPS) is 10.4. The summed E-state index contributed by atoms with van der Waals surface area (Å²) in [5, 5.41) is 2.00. The largest absolute Gasteiger partial charge is 0.453 e. The predicted molar refractivity (Wildman–Crippen MR) is 63.2 cm³/mol. The molecule has 0 aliphatic heterocycles. The van der Waals surface area contributed by atoms with Crippen LogP contribution < -0.4 is 11.3 Å². The van der Waals surface area contributed by atoms with Gasteiger partial charge in [0.2, 0.25) is 0 Å². The maximum atomic E-state index is 11.1. The smallest absolute Gasteiger partial charge is 0.300 e. The SMILES string of the molecule is NNC(=O)c1ccc(COCc2cccs2)o1. The molecule has 0 aromatic carbocycles. The van der Waals surface area contributed by atoms with Crippen LogP contribution in [0.4, 0.5) is 0 Å². The molecule has 2 rings (SSSR count). The maximum Gasteiger partial charge on any atom is 0.300 e. The molecule has 1 amide bonds. The summed E-state index contributed by atoms with van der Waals surface area (Å²) in [6.45, 7) is 0.868. The number of carbonyl (C=O) groups excluding carboxylic acids is 1. The number of hydrogen-bond donors (Lipinski definition) is 2. The Bertz CT molecular complexity index is 479. The summed E-state index contributed by atoms with van der Waals surface area (Å²) in [4.78, 5) is 12.3. The second-order valence-corrected chi connectivity index (χ2v) is 4.34. The molecule has 6 heteroatoms. The van der Waals surface area contributed by atoms with Crippen molar-refractivity contribution in [1.29, 1.82) is 0 Å². The Hall–Kier alpha value is -1.63. The van der Waals surface area contributed by atoms with Gasteiger partial charge in [0.15, 0.2) is 5.76 Å². The lowest BCUT2D eigenvalue weighted by atomic mass is 10.4. The molecule has 0 saturated heterocycles. The molecule has 0 saturated carbocycles. The van der Waals surface area contributed by atoms with Crippen molar-refractivity contribution < 1.29 is 13.9 Å². The number of thiophene rings is 1. The van der Waals surface area contributed by atoms with Crippen LogP contribution in [0.1, 0.15) is 21.2 Å². The van der Waals surface area contributed by atoms with E-state index in [1.807, 2.05) is 22.9 Å². The quantitative estimate of drug-likeness (QED) is 0.482. The fraction of sp³-hybridized carbons (Fsp3) is 0.182. The van der Waals surface area contributed by atoms with Gasteiger partial charge >= 0.3 is 5.91 Å². The van der Waals surface area contributed by atoms with Gasteiger partial charge in [-0.3, -0.25) is 10.2 Å². The maximum absolute atomic E-state index is 11.1. The third kappa shape index (κ3) is 3.16. The molecule has 2 heterocycles. The lowest BCUT2D eigenvalue weighted by molar-refractivity contribution is 0.0864. The van der Waals surface area contributed by atoms with Crippen molar-refractivity contribution in [3.8, 4) is 0 Å². The van der Waals surface area contributed by atoms with Crippen molar-refractivity contribution >= 4 is 17.2 Å². The predicted octanol–water partition coefficient (Wildman–Crippen LogP) is 1.66. The van der Waals surface area contributed by atoms with E-state index >= 15 is 0 Å². The minimum Gasteiger partial charge on any atom is -0.453 e. The van der Waals surface area contributed by atoms with Gasteiger partial charge in [0, 0.05) is 4.88 Å². The van der Waals surface area contributed by atoms with Gasteiger partial charge in [0.05, 0.1) is 6.61 Å². The zero-order valence-electron chi connectivity index (χ0n) is 9.01. The number of ether oxygens (including phenoxy) is 1. The van der Waals surface area contributed by atoms with Gasteiger partial charge < -0.3 is 9.15 Å². The van der Waals surface area contributed by atoms with E-state index < -0.39 is 5.91 Å². The molecule has 0 aliphatic rings. The van der Waals surface area contributed by atoms with Gasteiger partial charge in [-0.05, 0) is 23.6 Å². The number of carbonyl (C=O) groups is 1. The zero-order valence-corrected chi connectivity index (χ0v) is 9.83. The van der Waals surface area contributed by atoms with Crippen molar-refractivity contribution in [3.63, 3.8) is 0 Å². The number of hydrogen-bond acceptors (Lipinski definition) is 5. The number of rotatable bonds is 5. The molecule has 90 valence electrons. The Morgan fingerprint density at radius 2 is 2.29 bits per heavy atom. The van der Waals surface area contributed by atoms with Crippen molar-refractivity contribution in [2.45, 2.75) is 13.2 Å². The summed E-state index contributed by atoms with van der Waals surface area (Å²) >= 11 is 1.64. The fourth-order valence-electron chi connectivity index (χ4n) is 1.30.